The van der Waals surface area contributed by atoms with Crippen molar-refractivity contribution in [3.63, 3.8) is 0 Å². The van der Waals surface area contributed by atoms with Gasteiger partial charge in [0.05, 0.1) is 31.1 Å². The van der Waals surface area contributed by atoms with Crippen LogP contribution < -0.4 is 10.1 Å². The molecule has 2 aromatic heterocycles. The van der Waals surface area contributed by atoms with Crippen molar-refractivity contribution in [1.82, 2.24) is 14.8 Å². The van der Waals surface area contributed by atoms with Crippen molar-refractivity contribution < 1.29 is 19.0 Å². The molecule has 0 aliphatic carbocycles. The predicted molar refractivity (Wildman–Crippen MR) is 90.8 cm³/mol. The number of nitrogens with zero attached hydrogens (tertiary/aromatic N) is 3. The monoisotopic (exact) mass is 346 g/mol. The van der Waals surface area contributed by atoms with Gasteiger partial charge in [0, 0.05) is 26.1 Å². The van der Waals surface area contributed by atoms with Gasteiger partial charge in [-0.2, -0.15) is 5.10 Å². The van der Waals surface area contributed by atoms with Crippen LogP contribution in [0.2, 0.25) is 0 Å². The standard InChI is InChI=1S/C17H22N4O4/c1-23-8-9-25-17-15(5-2-6-18-17)16(22)20-13-10-19-21(11-13)12-14-4-3-7-24-14/h2,5-6,10-11,14H,3-4,7-9,12H2,1H3,(H,20,22). The van der Waals surface area contributed by atoms with Crippen LogP contribution in [-0.4, -0.2) is 53.7 Å². The van der Waals surface area contributed by atoms with Crippen LogP contribution in [-0.2, 0) is 16.0 Å². The summed E-state index contributed by atoms with van der Waals surface area (Å²) in [4.78, 5) is 16.6. The van der Waals surface area contributed by atoms with Gasteiger partial charge in [-0.15, -0.1) is 0 Å². The van der Waals surface area contributed by atoms with Gasteiger partial charge in [-0.25, -0.2) is 4.98 Å². The predicted octanol–water partition coefficient (Wildman–Crippen LogP) is 1.73. The molecule has 1 unspecified atom stereocenters. The zero-order valence-electron chi connectivity index (χ0n) is 14.2. The van der Waals surface area contributed by atoms with Gasteiger partial charge < -0.3 is 19.5 Å². The zero-order valence-corrected chi connectivity index (χ0v) is 14.2. The van der Waals surface area contributed by atoms with E-state index in [1.165, 1.54) is 0 Å². The Labute approximate surface area is 146 Å². The van der Waals surface area contributed by atoms with Gasteiger partial charge in [0.2, 0.25) is 5.88 Å². The molecule has 1 aliphatic rings. The zero-order chi connectivity index (χ0) is 17.5. The number of carbonyl (C=O) groups excluding carboxylic acids is 1. The van der Waals surface area contributed by atoms with E-state index in [4.69, 9.17) is 14.2 Å². The van der Waals surface area contributed by atoms with Gasteiger partial charge in [-0.3, -0.25) is 9.48 Å². The molecular weight excluding hydrogens is 324 g/mol. The molecular formula is C17H22N4O4. The number of aromatic nitrogens is 3. The number of pyridine rings is 1. The summed E-state index contributed by atoms with van der Waals surface area (Å²) in [5.74, 6) is -0.0130. The lowest BCUT2D eigenvalue weighted by Crippen LogP contribution is -2.16. The van der Waals surface area contributed by atoms with E-state index in [-0.39, 0.29) is 17.9 Å². The van der Waals surface area contributed by atoms with Gasteiger partial charge in [0.25, 0.3) is 5.91 Å². The Balaban J connectivity index is 1.61. The highest BCUT2D eigenvalue weighted by molar-refractivity contribution is 6.05. The molecule has 2 aromatic rings. The molecule has 3 heterocycles. The van der Waals surface area contributed by atoms with Crippen molar-refractivity contribution in [3.8, 4) is 5.88 Å². The van der Waals surface area contributed by atoms with E-state index in [0.29, 0.717) is 31.0 Å². The fourth-order valence-electron chi connectivity index (χ4n) is 2.62. The number of nitrogens with one attached hydrogen (secondary N) is 1. The maximum absolute atomic E-state index is 12.5. The van der Waals surface area contributed by atoms with Crippen LogP contribution in [0.15, 0.2) is 30.7 Å². The van der Waals surface area contributed by atoms with E-state index in [1.807, 2.05) is 0 Å². The Kier molecular flexibility index (Phi) is 5.97. The van der Waals surface area contributed by atoms with Crippen LogP contribution >= 0.6 is 0 Å². The van der Waals surface area contributed by atoms with Crippen molar-refractivity contribution in [2.24, 2.45) is 0 Å². The second-order valence-electron chi connectivity index (χ2n) is 5.74. The molecule has 8 nitrogen and oxygen atoms in total. The molecule has 1 atom stereocenters. The minimum atomic E-state index is -0.294. The molecule has 1 amide bonds. The van der Waals surface area contributed by atoms with Crippen LogP contribution in [0.5, 0.6) is 5.88 Å². The fraction of sp³-hybridized carbons (Fsp3) is 0.471. The maximum atomic E-state index is 12.5. The third kappa shape index (κ3) is 4.77. The molecule has 1 fully saturated rings. The first kappa shape index (κ1) is 17.4. The second kappa shape index (κ2) is 8.59. The van der Waals surface area contributed by atoms with Crippen molar-refractivity contribution in [1.29, 1.82) is 0 Å². The maximum Gasteiger partial charge on any atom is 0.261 e. The van der Waals surface area contributed by atoms with Crippen LogP contribution in [0, 0.1) is 0 Å². The quantitative estimate of drug-likeness (QED) is 0.733. The number of carbonyl (C=O) groups is 1. The van der Waals surface area contributed by atoms with E-state index >= 15 is 0 Å². The molecule has 1 saturated heterocycles. The molecule has 3 rings (SSSR count). The smallest absolute Gasteiger partial charge is 0.261 e. The normalized spacial score (nSPS) is 16.8. The summed E-state index contributed by atoms with van der Waals surface area (Å²) >= 11 is 0. The number of hydrogen-bond donors (Lipinski definition) is 1. The lowest BCUT2D eigenvalue weighted by molar-refractivity contribution is 0.0940. The summed E-state index contributed by atoms with van der Waals surface area (Å²) in [5.41, 5.74) is 0.986. The summed E-state index contributed by atoms with van der Waals surface area (Å²) in [6.07, 6.45) is 7.32. The molecule has 0 spiro atoms. The Morgan fingerprint density at radius 2 is 2.40 bits per heavy atom. The fourth-order valence-corrected chi connectivity index (χ4v) is 2.62. The average Bonchev–Trinajstić information content (AvgIpc) is 3.28. The number of anilines is 1. The first-order valence-electron chi connectivity index (χ1n) is 8.28. The SMILES string of the molecule is COCCOc1ncccc1C(=O)Nc1cnn(CC2CCCO2)c1. The Morgan fingerprint density at radius 3 is 3.20 bits per heavy atom. The topological polar surface area (TPSA) is 87.5 Å². The van der Waals surface area contributed by atoms with E-state index < -0.39 is 0 Å². The highest BCUT2D eigenvalue weighted by Crippen LogP contribution is 2.18. The first-order chi connectivity index (χ1) is 12.3. The van der Waals surface area contributed by atoms with Gasteiger partial charge in [0.1, 0.15) is 12.2 Å². The third-order valence-electron chi connectivity index (χ3n) is 3.85. The number of hydrogen-bond acceptors (Lipinski definition) is 6. The van der Waals surface area contributed by atoms with E-state index in [1.54, 1.807) is 42.5 Å². The Hall–Kier alpha value is -2.45. The molecule has 8 heteroatoms. The summed E-state index contributed by atoms with van der Waals surface area (Å²) < 4.78 is 17.8. The van der Waals surface area contributed by atoms with E-state index in [0.717, 1.165) is 19.4 Å². The third-order valence-corrected chi connectivity index (χ3v) is 3.85. The molecule has 0 bridgehead atoms. The van der Waals surface area contributed by atoms with Crippen molar-refractivity contribution in [2.75, 3.05) is 32.2 Å². The lowest BCUT2D eigenvalue weighted by Gasteiger charge is -2.10. The Morgan fingerprint density at radius 1 is 1.48 bits per heavy atom. The van der Waals surface area contributed by atoms with Gasteiger partial charge in [0.15, 0.2) is 0 Å². The molecule has 25 heavy (non-hydrogen) atoms. The average molecular weight is 346 g/mol. The summed E-state index contributed by atoms with van der Waals surface area (Å²) in [6.45, 7) is 2.25. The minimum absolute atomic E-state index is 0.197. The molecule has 134 valence electrons. The van der Waals surface area contributed by atoms with E-state index in [2.05, 4.69) is 15.4 Å². The summed E-state index contributed by atoms with van der Waals surface area (Å²) in [7, 11) is 1.59. The summed E-state index contributed by atoms with van der Waals surface area (Å²) in [6, 6.07) is 3.36. The highest BCUT2D eigenvalue weighted by atomic mass is 16.5. The molecule has 1 N–H and O–H groups in total. The molecule has 0 aromatic carbocycles. The van der Waals surface area contributed by atoms with Crippen molar-refractivity contribution >= 4 is 11.6 Å². The van der Waals surface area contributed by atoms with Gasteiger partial charge >= 0.3 is 0 Å². The van der Waals surface area contributed by atoms with Crippen molar-refractivity contribution in [2.45, 2.75) is 25.5 Å². The largest absolute Gasteiger partial charge is 0.475 e. The van der Waals surface area contributed by atoms with Crippen LogP contribution in [0.4, 0.5) is 5.69 Å². The highest BCUT2D eigenvalue weighted by Gasteiger charge is 2.18. The number of rotatable bonds is 8. The Bertz CT molecular complexity index is 697. The number of ether oxygens (including phenoxy) is 3. The van der Waals surface area contributed by atoms with Crippen LogP contribution in [0.1, 0.15) is 23.2 Å². The van der Waals surface area contributed by atoms with E-state index in [9.17, 15) is 4.79 Å². The van der Waals surface area contributed by atoms with Gasteiger partial charge in [-0.05, 0) is 25.0 Å². The minimum Gasteiger partial charge on any atom is -0.475 e. The van der Waals surface area contributed by atoms with Crippen LogP contribution in [0.25, 0.3) is 0 Å². The van der Waals surface area contributed by atoms with Gasteiger partial charge in [-0.1, -0.05) is 0 Å². The number of amides is 1. The lowest BCUT2D eigenvalue weighted by atomic mass is 10.2. The second-order valence-corrected chi connectivity index (χ2v) is 5.74. The molecule has 1 aliphatic heterocycles. The van der Waals surface area contributed by atoms with Crippen molar-refractivity contribution in [3.05, 3.63) is 36.3 Å². The molecule has 0 radical (unpaired) electrons. The van der Waals surface area contributed by atoms with Crippen LogP contribution in [0.3, 0.4) is 0 Å². The summed E-state index contributed by atoms with van der Waals surface area (Å²) in [5, 5.41) is 7.09. The first-order valence-corrected chi connectivity index (χ1v) is 8.28. The molecule has 0 saturated carbocycles. The number of methoxy groups -OCH3 is 1.